The van der Waals surface area contributed by atoms with Crippen LogP contribution in [0.2, 0.25) is 0 Å². The Kier molecular flexibility index (Phi) is 4.92. The first-order chi connectivity index (χ1) is 11.6. The number of halogens is 6. The van der Waals surface area contributed by atoms with E-state index in [0.717, 1.165) is 49.6 Å². The van der Waals surface area contributed by atoms with E-state index in [1.807, 2.05) is 0 Å². The lowest BCUT2D eigenvalue weighted by molar-refractivity contribution is -0.288. The molecule has 0 N–H and O–H groups in total. The summed E-state index contributed by atoms with van der Waals surface area (Å²) in [5.41, 5.74) is -6.13. The van der Waals surface area contributed by atoms with Crippen molar-refractivity contribution < 1.29 is 35.8 Å². The summed E-state index contributed by atoms with van der Waals surface area (Å²) >= 11 is 0. The van der Waals surface area contributed by atoms with Crippen LogP contribution in [0.15, 0.2) is 48.5 Å². The van der Waals surface area contributed by atoms with Gasteiger partial charge in [0.05, 0.1) is 14.2 Å². The SMILES string of the molecule is COc1ccc(C(c2cccc(OC)c2)(C(F)(F)F)C(F)(F)F)cc1. The summed E-state index contributed by atoms with van der Waals surface area (Å²) in [5.74, 6) is 0.0385. The number of ether oxygens (including phenoxy) is 2. The molecule has 0 bridgehead atoms. The van der Waals surface area contributed by atoms with Crippen molar-refractivity contribution in [3.8, 4) is 11.5 Å². The van der Waals surface area contributed by atoms with Gasteiger partial charge in [0, 0.05) is 0 Å². The molecule has 0 saturated heterocycles. The van der Waals surface area contributed by atoms with Crippen LogP contribution in [0.25, 0.3) is 0 Å². The lowest BCUT2D eigenvalue weighted by Gasteiger charge is -2.38. The van der Waals surface area contributed by atoms with Crippen molar-refractivity contribution >= 4 is 0 Å². The van der Waals surface area contributed by atoms with Gasteiger partial charge in [0.1, 0.15) is 11.5 Å². The summed E-state index contributed by atoms with van der Waals surface area (Å²) < 4.78 is 92.8. The molecule has 0 fully saturated rings. The van der Waals surface area contributed by atoms with E-state index in [9.17, 15) is 26.3 Å². The zero-order chi connectivity index (χ0) is 18.9. The fourth-order valence-electron chi connectivity index (χ4n) is 2.68. The molecule has 0 aliphatic rings. The predicted molar refractivity (Wildman–Crippen MR) is 78.9 cm³/mol. The van der Waals surface area contributed by atoms with Gasteiger partial charge >= 0.3 is 12.4 Å². The molecule has 0 saturated carbocycles. The largest absolute Gasteiger partial charge is 0.497 e. The Morgan fingerprint density at radius 2 is 1.16 bits per heavy atom. The normalized spacial score (nSPS) is 12.8. The van der Waals surface area contributed by atoms with Gasteiger partial charge in [0.15, 0.2) is 0 Å². The Labute approximate surface area is 140 Å². The lowest BCUT2D eigenvalue weighted by Crippen LogP contribution is -2.54. The molecule has 0 aliphatic heterocycles. The topological polar surface area (TPSA) is 18.5 Å². The van der Waals surface area contributed by atoms with Crippen molar-refractivity contribution in [3.05, 3.63) is 59.7 Å². The highest BCUT2D eigenvalue weighted by Gasteiger charge is 2.72. The van der Waals surface area contributed by atoms with Crippen molar-refractivity contribution in [1.82, 2.24) is 0 Å². The van der Waals surface area contributed by atoms with Crippen LogP contribution in [-0.4, -0.2) is 26.6 Å². The van der Waals surface area contributed by atoms with E-state index in [2.05, 4.69) is 0 Å². The number of hydrogen-bond acceptors (Lipinski definition) is 2. The van der Waals surface area contributed by atoms with E-state index >= 15 is 0 Å². The highest BCUT2D eigenvalue weighted by Crippen LogP contribution is 2.56. The van der Waals surface area contributed by atoms with E-state index in [1.165, 1.54) is 13.2 Å². The predicted octanol–water partition coefficient (Wildman–Crippen LogP) is 5.11. The standard InChI is InChI=1S/C17H14F6O2/c1-24-13-8-6-11(7-9-13)15(16(18,19)20,17(21,22)23)12-4-3-5-14(10-12)25-2/h3-10H,1-2H3. The molecule has 2 rings (SSSR count). The third kappa shape index (κ3) is 3.12. The van der Waals surface area contributed by atoms with E-state index in [4.69, 9.17) is 9.47 Å². The summed E-state index contributed by atoms with van der Waals surface area (Å²) in [4.78, 5) is 0. The van der Waals surface area contributed by atoms with Crippen LogP contribution in [0.4, 0.5) is 26.3 Å². The molecule has 0 spiro atoms. The van der Waals surface area contributed by atoms with Crippen LogP contribution in [0.3, 0.4) is 0 Å². The van der Waals surface area contributed by atoms with Gasteiger partial charge in [0.25, 0.3) is 0 Å². The third-order valence-corrected chi connectivity index (χ3v) is 3.88. The summed E-state index contributed by atoms with van der Waals surface area (Å²) in [6, 6.07) is 7.53. The molecule has 0 unspecified atom stereocenters. The van der Waals surface area contributed by atoms with Gasteiger partial charge in [0.2, 0.25) is 5.41 Å². The minimum absolute atomic E-state index is 0.108. The number of alkyl halides is 6. The first-order valence-corrected chi connectivity index (χ1v) is 7.00. The fourth-order valence-corrected chi connectivity index (χ4v) is 2.68. The van der Waals surface area contributed by atoms with E-state index in [0.29, 0.717) is 0 Å². The van der Waals surface area contributed by atoms with Crippen LogP contribution in [0.5, 0.6) is 11.5 Å². The maximum absolute atomic E-state index is 13.9. The smallest absolute Gasteiger partial charge is 0.411 e. The molecule has 0 atom stereocenters. The highest BCUT2D eigenvalue weighted by molar-refractivity contribution is 5.47. The molecule has 0 heterocycles. The minimum Gasteiger partial charge on any atom is -0.497 e. The van der Waals surface area contributed by atoms with Gasteiger partial charge < -0.3 is 9.47 Å². The average Bonchev–Trinajstić information content (AvgIpc) is 2.53. The van der Waals surface area contributed by atoms with Gasteiger partial charge in [-0.3, -0.25) is 0 Å². The number of methoxy groups -OCH3 is 2. The summed E-state index contributed by atoms with van der Waals surface area (Å²) in [7, 11) is 2.42. The van der Waals surface area contributed by atoms with Gasteiger partial charge in [-0.2, -0.15) is 26.3 Å². The van der Waals surface area contributed by atoms with Crippen molar-refractivity contribution in [2.45, 2.75) is 17.8 Å². The second-order valence-corrected chi connectivity index (χ2v) is 5.21. The Morgan fingerprint density at radius 3 is 1.60 bits per heavy atom. The summed E-state index contributed by atoms with van der Waals surface area (Å²) in [6.07, 6.45) is -11.3. The first-order valence-electron chi connectivity index (χ1n) is 7.00. The van der Waals surface area contributed by atoms with Crippen LogP contribution in [0, 0.1) is 0 Å². The van der Waals surface area contributed by atoms with Crippen molar-refractivity contribution in [3.63, 3.8) is 0 Å². The maximum atomic E-state index is 13.9. The third-order valence-electron chi connectivity index (χ3n) is 3.88. The molecule has 8 heteroatoms. The average molecular weight is 364 g/mol. The molecular formula is C17H14F6O2. The number of rotatable bonds is 4. The van der Waals surface area contributed by atoms with Gasteiger partial charge in [-0.05, 0) is 35.4 Å². The highest BCUT2D eigenvalue weighted by atomic mass is 19.4. The van der Waals surface area contributed by atoms with Crippen molar-refractivity contribution in [2.75, 3.05) is 14.2 Å². The molecule has 0 radical (unpaired) electrons. The number of hydrogen-bond donors (Lipinski definition) is 0. The molecule has 0 aliphatic carbocycles. The molecule has 0 amide bonds. The minimum atomic E-state index is -5.63. The summed E-state index contributed by atoms with van der Waals surface area (Å²) in [6.45, 7) is 0. The number of benzene rings is 2. The Hall–Kier alpha value is -2.38. The van der Waals surface area contributed by atoms with Gasteiger partial charge in [-0.15, -0.1) is 0 Å². The molecule has 2 nitrogen and oxygen atoms in total. The van der Waals surface area contributed by atoms with Gasteiger partial charge in [-0.25, -0.2) is 0 Å². The Morgan fingerprint density at radius 1 is 0.640 bits per heavy atom. The van der Waals surface area contributed by atoms with E-state index in [-0.39, 0.29) is 11.5 Å². The zero-order valence-corrected chi connectivity index (χ0v) is 13.2. The molecule has 2 aromatic rings. The van der Waals surface area contributed by atoms with Crippen molar-refractivity contribution in [2.24, 2.45) is 0 Å². The van der Waals surface area contributed by atoms with Crippen LogP contribution < -0.4 is 9.47 Å². The van der Waals surface area contributed by atoms with Crippen LogP contribution >= 0.6 is 0 Å². The maximum Gasteiger partial charge on any atom is 0.411 e. The second-order valence-electron chi connectivity index (χ2n) is 5.21. The van der Waals surface area contributed by atoms with Crippen LogP contribution in [0.1, 0.15) is 11.1 Å². The molecule has 2 aromatic carbocycles. The zero-order valence-electron chi connectivity index (χ0n) is 13.2. The van der Waals surface area contributed by atoms with Crippen LogP contribution in [-0.2, 0) is 5.41 Å². The van der Waals surface area contributed by atoms with E-state index in [1.54, 1.807) is 0 Å². The molecule has 0 aromatic heterocycles. The Bertz CT molecular complexity index is 705. The molecular weight excluding hydrogens is 350 g/mol. The summed E-state index contributed by atoms with van der Waals surface area (Å²) in [5, 5.41) is 0. The van der Waals surface area contributed by atoms with E-state index < -0.39 is 28.9 Å². The lowest BCUT2D eigenvalue weighted by atomic mass is 9.73. The molecule has 136 valence electrons. The first kappa shape index (κ1) is 19.0. The Balaban J connectivity index is 2.85. The fraction of sp³-hybridized carbons (Fsp3) is 0.294. The van der Waals surface area contributed by atoms with Gasteiger partial charge in [-0.1, -0.05) is 24.3 Å². The second kappa shape index (κ2) is 6.50. The molecule has 25 heavy (non-hydrogen) atoms. The van der Waals surface area contributed by atoms with Crippen molar-refractivity contribution in [1.29, 1.82) is 0 Å². The quantitative estimate of drug-likeness (QED) is 0.702. The monoisotopic (exact) mass is 364 g/mol.